The molecule has 0 heterocycles. The van der Waals surface area contributed by atoms with Gasteiger partial charge >= 0.3 is 6.09 Å². The number of alkyl carbamates (subject to hydrolysis) is 1. The number of rotatable bonds is 6. The van der Waals surface area contributed by atoms with E-state index in [9.17, 15) is 4.79 Å². The van der Waals surface area contributed by atoms with Crippen molar-refractivity contribution in [1.29, 1.82) is 0 Å². The molecule has 22 heavy (non-hydrogen) atoms. The van der Waals surface area contributed by atoms with Crippen molar-refractivity contribution in [2.75, 3.05) is 19.1 Å². The van der Waals surface area contributed by atoms with Crippen molar-refractivity contribution in [3.63, 3.8) is 0 Å². The minimum absolute atomic E-state index is 0.00498. The summed E-state index contributed by atoms with van der Waals surface area (Å²) in [6, 6.07) is 9.86. The molecule has 122 valence electrons. The Balaban J connectivity index is 1.81. The Bertz CT molecular complexity index is 454. The first-order valence-corrected chi connectivity index (χ1v) is 9.12. The zero-order valence-corrected chi connectivity index (χ0v) is 14.1. The predicted octanol–water partition coefficient (Wildman–Crippen LogP) is 3.46. The highest BCUT2D eigenvalue weighted by Gasteiger charge is 2.32. The molecule has 4 nitrogen and oxygen atoms in total. The Morgan fingerprint density at radius 2 is 2.09 bits per heavy atom. The molecule has 3 atom stereocenters. The predicted molar refractivity (Wildman–Crippen MR) is 90.1 cm³/mol. The number of hydrogen-bond acceptors (Lipinski definition) is 4. The first-order valence-electron chi connectivity index (χ1n) is 7.73. The number of nitrogens with one attached hydrogen (secondary N) is 1. The van der Waals surface area contributed by atoms with Gasteiger partial charge in [-0.3, -0.25) is 0 Å². The summed E-state index contributed by atoms with van der Waals surface area (Å²) in [5, 5.41) is 2.83. The summed E-state index contributed by atoms with van der Waals surface area (Å²) in [6.45, 7) is 0.500. The minimum atomic E-state index is -0.323. The lowest BCUT2D eigenvalue weighted by Gasteiger charge is -2.34. The van der Waals surface area contributed by atoms with Crippen LogP contribution in [-0.2, 0) is 16.0 Å². The Morgan fingerprint density at radius 1 is 1.32 bits per heavy atom. The molecule has 1 aromatic rings. The highest BCUT2D eigenvalue weighted by atomic mass is 32.2. The van der Waals surface area contributed by atoms with Gasteiger partial charge in [0.05, 0.1) is 6.10 Å². The number of amides is 1. The van der Waals surface area contributed by atoms with Crippen molar-refractivity contribution in [2.24, 2.45) is 5.92 Å². The summed E-state index contributed by atoms with van der Waals surface area (Å²) in [7, 11) is 1.76. The molecule has 0 aromatic heterocycles. The van der Waals surface area contributed by atoms with Crippen molar-refractivity contribution in [2.45, 2.75) is 38.0 Å². The number of carbonyl (C=O) groups is 1. The molecule has 0 unspecified atom stereocenters. The van der Waals surface area contributed by atoms with Gasteiger partial charge in [-0.2, -0.15) is 11.8 Å². The van der Waals surface area contributed by atoms with E-state index in [0.29, 0.717) is 18.6 Å². The molecule has 2 rings (SSSR count). The summed E-state index contributed by atoms with van der Waals surface area (Å²) >= 11 is 1.79. The molecule has 0 radical (unpaired) electrons. The fraction of sp³-hybridized carbons (Fsp3) is 0.588. The standard InChI is InChI=1S/C17H25NO3S/c1-20-15-8-9-16(14(10-15)12-22-2)21-17(19)18-11-13-6-4-3-5-7-13/h3-7,14-16H,8-12H2,1-2H3,(H,18,19)/t14-,15+,16-/m0/s1. The number of hydrogen-bond donors (Lipinski definition) is 1. The van der Waals surface area contributed by atoms with E-state index < -0.39 is 0 Å². The number of carbonyl (C=O) groups excluding carboxylic acids is 1. The lowest BCUT2D eigenvalue weighted by molar-refractivity contribution is -0.0156. The van der Waals surface area contributed by atoms with E-state index in [1.54, 1.807) is 18.9 Å². The monoisotopic (exact) mass is 323 g/mol. The Labute approximate surface area is 137 Å². The number of methoxy groups -OCH3 is 1. The van der Waals surface area contributed by atoms with Crippen LogP contribution in [0.3, 0.4) is 0 Å². The van der Waals surface area contributed by atoms with Crippen molar-refractivity contribution < 1.29 is 14.3 Å². The van der Waals surface area contributed by atoms with Crippen LogP contribution in [0.2, 0.25) is 0 Å². The van der Waals surface area contributed by atoms with Crippen molar-refractivity contribution >= 4 is 17.9 Å². The third-order valence-electron chi connectivity index (χ3n) is 4.12. The van der Waals surface area contributed by atoms with Crippen LogP contribution >= 0.6 is 11.8 Å². The maximum atomic E-state index is 12.0. The van der Waals surface area contributed by atoms with Crippen LogP contribution in [0.5, 0.6) is 0 Å². The van der Waals surface area contributed by atoms with Crippen LogP contribution in [0, 0.1) is 5.92 Å². The zero-order chi connectivity index (χ0) is 15.8. The number of benzene rings is 1. The lowest BCUT2D eigenvalue weighted by Crippen LogP contribution is -2.39. The quantitative estimate of drug-likeness (QED) is 0.871. The molecule has 0 saturated heterocycles. The largest absolute Gasteiger partial charge is 0.446 e. The summed E-state index contributed by atoms with van der Waals surface area (Å²) in [4.78, 5) is 12.0. The lowest BCUT2D eigenvalue weighted by atomic mass is 9.85. The second kappa shape index (κ2) is 9.06. The molecule has 1 aromatic carbocycles. The van der Waals surface area contributed by atoms with Gasteiger partial charge in [-0.05, 0) is 36.8 Å². The second-order valence-corrected chi connectivity index (χ2v) is 6.58. The molecule has 0 aliphatic heterocycles. The SMILES string of the molecule is CO[C@@H]1CC[C@H](OC(=O)NCc2ccccc2)[C@H](CSC)C1. The van der Waals surface area contributed by atoms with Gasteiger partial charge in [-0.1, -0.05) is 30.3 Å². The molecule has 1 saturated carbocycles. The normalized spacial score (nSPS) is 24.7. The summed E-state index contributed by atoms with van der Waals surface area (Å²) < 4.78 is 11.1. The molecule has 0 spiro atoms. The van der Waals surface area contributed by atoms with Gasteiger partial charge < -0.3 is 14.8 Å². The van der Waals surface area contributed by atoms with E-state index in [1.807, 2.05) is 30.3 Å². The topological polar surface area (TPSA) is 47.6 Å². The molecule has 1 N–H and O–H groups in total. The van der Waals surface area contributed by atoms with E-state index in [2.05, 4.69) is 11.6 Å². The van der Waals surface area contributed by atoms with Gasteiger partial charge in [-0.25, -0.2) is 4.79 Å². The van der Waals surface area contributed by atoms with Gasteiger partial charge in [0.1, 0.15) is 6.10 Å². The van der Waals surface area contributed by atoms with Crippen LogP contribution in [0.25, 0.3) is 0 Å². The third-order valence-corrected chi connectivity index (χ3v) is 4.88. The Morgan fingerprint density at radius 3 is 2.77 bits per heavy atom. The van der Waals surface area contributed by atoms with Gasteiger partial charge in [0, 0.05) is 19.6 Å². The first-order chi connectivity index (χ1) is 10.7. The van der Waals surface area contributed by atoms with Gasteiger partial charge in [0.25, 0.3) is 0 Å². The average Bonchev–Trinajstić information content (AvgIpc) is 2.56. The average molecular weight is 323 g/mol. The number of ether oxygens (including phenoxy) is 2. The van der Waals surface area contributed by atoms with Crippen LogP contribution < -0.4 is 5.32 Å². The maximum absolute atomic E-state index is 12.0. The zero-order valence-electron chi connectivity index (χ0n) is 13.3. The molecule has 0 bridgehead atoms. The fourth-order valence-corrected chi connectivity index (χ4v) is 3.68. The Hall–Kier alpha value is -1.20. The van der Waals surface area contributed by atoms with E-state index in [1.165, 1.54) is 0 Å². The van der Waals surface area contributed by atoms with Gasteiger partial charge in [-0.15, -0.1) is 0 Å². The highest BCUT2D eigenvalue weighted by molar-refractivity contribution is 7.98. The minimum Gasteiger partial charge on any atom is -0.446 e. The van der Waals surface area contributed by atoms with Gasteiger partial charge in [0.15, 0.2) is 0 Å². The van der Waals surface area contributed by atoms with E-state index in [-0.39, 0.29) is 12.2 Å². The maximum Gasteiger partial charge on any atom is 0.407 e. The second-order valence-electron chi connectivity index (χ2n) is 5.67. The number of thioether (sulfide) groups is 1. The molecule has 1 aliphatic rings. The molecule has 1 aliphatic carbocycles. The summed E-state index contributed by atoms with van der Waals surface area (Å²) in [5.74, 6) is 1.37. The smallest absolute Gasteiger partial charge is 0.407 e. The molecule has 1 amide bonds. The fourth-order valence-electron chi connectivity index (χ4n) is 2.90. The van der Waals surface area contributed by atoms with Crippen LogP contribution in [0.1, 0.15) is 24.8 Å². The molecule has 5 heteroatoms. The summed E-state index contributed by atoms with van der Waals surface area (Å²) in [5.41, 5.74) is 1.07. The Kier molecular flexibility index (Phi) is 7.06. The third kappa shape index (κ3) is 5.21. The molecular formula is C17H25NO3S. The van der Waals surface area contributed by atoms with Crippen molar-refractivity contribution in [1.82, 2.24) is 5.32 Å². The van der Waals surface area contributed by atoms with Crippen LogP contribution in [-0.4, -0.2) is 37.4 Å². The summed E-state index contributed by atoms with van der Waals surface area (Å²) in [6.07, 6.45) is 4.85. The molecule has 1 fully saturated rings. The van der Waals surface area contributed by atoms with E-state index >= 15 is 0 Å². The van der Waals surface area contributed by atoms with E-state index in [4.69, 9.17) is 9.47 Å². The first kappa shape index (κ1) is 17.2. The van der Waals surface area contributed by atoms with E-state index in [0.717, 1.165) is 30.6 Å². The van der Waals surface area contributed by atoms with Crippen LogP contribution in [0.15, 0.2) is 30.3 Å². The van der Waals surface area contributed by atoms with Gasteiger partial charge in [0.2, 0.25) is 0 Å². The van der Waals surface area contributed by atoms with Crippen molar-refractivity contribution in [3.05, 3.63) is 35.9 Å². The highest BCUT2D eigenvalue weighted by Crippen LogP contribution is 2.30. The molecular weight excluding hydrogens is 298 g/mol. The van der Waals surface area contributed by atoms with Crippen LogP contribution in [0.4, 0.5) is 4.79 Å². The van der Waals surface area contributed by atoms with Crippen molar-refractivity contribution in [3.8, 4) is 0 Å².